The highest BCUT2D eigenvalue weighted by molar-refractivity contribution is 5.71. The molecule has 1 saturated heterocycles. The van der Waals surface area contributed by atoms with E-state index in [1.807, 2.05) is 41.2 Å². The molecular weight excluding hydrogens is 426 g/mol. The molecule has 5 rings (SSSR count). The van der Waals surface area contributed by atoms with Gasteiger partial charge in [0, 0.05) is 31.4 Å². The third-order valence-corrected chi connectivity index (χ3v) is 5.60. The largest absolute Gasteiger partial charge is 0.493 e. The number of β-amino-alcohol motifs (C(OH)–C–C–N with tert-alkyl or cyclic N) is 1. The zero-order chi connectivity index (χ0) is 22.9. The molecule has 0 spiro atoms. The van der Waals surface area contributed by atoms with Gasteiger partial charge in [0.2, 0.25) is 11.7 Å². The molecule has 1 aliphatic rings. The van der Waals surface area contributed by atoms with Crippen molar-refractivity contribution in [1.29, 1.82) is 0 Å². The molecular formula is C22H25N7O4. The zero-order valence-corrected chi connectivity index (χ0v) is 18.6. The lowest BCUT2D eigenvalue weighted by atomic mass is 10.2. The van der Waals surface area contributed by atoms with E-state index in [4.69, 9.17) is 19.2 Å². The molecule has 0 aliphatic carbocycles. The zero-order valence-electron chi connectivity index (χ0n) is 18.6. The third-order valence-electron chi connectivity index (χ3n) is 5.60. The van der Waals surface area contributed by atoms with E-state index in [0.717, 1.165) is 30.0 Å². The minimum atomic E-state index is -0.347. The van der Waals surface area contributed by atoms with Gasteiger partial charge in [-0.15, -0.1) is 5.10 Å². The lowest BCUT2D eigenvalue weighted by Crippen LogP contribution is -2.23. The fraction of sp³-hybridized carbons (Fsp3) is 0.318. The average molecular weight is 451 g/mol. The number of aliphatic hydroxyl groups excluding tert-OH is 1. The first-order chi connectivity index (χ1) is 16.1. The van der Waals surface area contributed by atoms with E-state index < -0.39 is 0 Å². The molecule has 1 aromatic carbocycles. The lowest BCUT2D eigenvalue weighted by Gasteiger charge is -2.18. The number of aromatic nitrogens is 5. The molecule has 4 aromatic rings. The number of hydrogen-bond donors (Lipinski definition) is 2. The summed E-state index contributed by atoms with van der Waals surface area (Å²) < 4.78 is 19.9. The van der Waals surface area contributed by atoms with E-state index in [2.05, 4.69) is 20.3 Å². The fourth-order valence-corrected chi connectivity index (χ4v) is 4.00. The Morgan fingerprint density at radius 3 is 2.58 bits per heavy atom. The van der Waals surface area contributed by atoms with Gasteiger partial charge in [-0.3, -0.25) is 0 Å². The Hall–Kier alpha value is -3.99. The quantitative estimate of drug-likeness (QED) is 0.437. The molecule has 0 amide bonds. The van der Waals surface area contributed by atoms with Gasteiger partial charge in [0.15, 0.2) is 23.1 Å². The van der Waals surface area contributed by atoms with Crippen molar-refractivity contribution in [3.8, 4) is 22.9 Å². The molecule has 1 atom stereocenters. The second-order valence-electron chi connectivity index (χ2n) is 7.66. The van der Waals surface area contributed by atoms with Crippen LogP contribution >= 0.6 is 0 Å². The van der Waals surface area contributed by atoms with Gasteiger partial charge < -0.3 is 34.1 Å². The van der Waals surface area contributed by atoms with Gasteiger partial charge >= 0.3 is 0 Å². The Morgan fingerprint density at radius 2 is 1.91 bits per heavy atom. The molecule has 2 N–H and O–H groups in total. The van der Waals surface area contributed by atoms with Crippen LogP contribution in [0.3, 0.4) is 0 Å². The summed E-state index contributed by atoms with van der Waals surface area (Å²) in [6.45, 7) is 1.29. The van der Waals surface area contributed by atoms with Gasteiger partial charge in [-0.1, -0.05) is 0 Å². The Balaban J connectivity index is 1.45. The molecule has 1 aliphatic heterocycles. The smallest absolute Gasteiger partial charge is 0.248 e. The van der Waals surface area contributed by atoms with E-state index in [1.165, 1.54) is 0 Å². The van der Waals surface area contributed by atoms with Crippen LogP contribution in [0.15, 0.2) is 43.0 Å². The lowest BCUT2D eigenvalue weighted by molar-refractivity contribution is 0.198. The topological polar surface area (TPSA) is 111 Å². The molecule has 0 radical (unpaired) electrons. The second kappa shape index (κ2) is 8.51. The van der Waals surface area contributed by atoms with Crippen LogP contribution in [0.5, 0.6) is 17.2 Å². The van der Waals surface area contributed by atoms with Crippen molar-refractivity contribution < 1.29 is 19.3 Å². The van der Waals surface area contributed by atoms with Crippen molar-refractivity contribution in [2.24, 2.45) is 0 Å². The SMILES string of the molecule is COc1cc(-n2cnc(Nc3nc(N4CC[C@H](O)C4)c4cccn4n3)c2)cc(OC)c1OC. The summed E-state index contributed by atoms with van der Waals surface area (Å²) in [5, 5.41) is 17.7. The van der Waals surface area contributed by atoms with Crippen LogP contribution in [0.2, 0.25) is 0 Å². The summed E-state index contributed by atoms with van der Waals surface area (Å²) in [4.78, 5) is 11.2. The molecule has 3 aromatic heterocycles. The highest BCUT2D eigenvalue weighted by Gasteiger charge is 2.24. The monoisotopic (exact) mass is 451 g/mol. The van der Waals surface area contributed by atoms with Gasteiger partial charge in [-0.05, 0) is 18.6 Å². The number of imidazole rings is 1. The second-order valence-corrected chi connectivity index (χ2v) is 7.66. The Morgan fingerprint density at radius 1 is 1.12 bits per heavy atom. The van der Waals surface area contributed by atoms with Crippen molar-refractivity contribution >= 4 is 23.1 Å². The number of methoxy groups -OCH3 is 3. The maximum Gasteiger partial charge on any atom is 0.248 e. The standard InChI is InChI=1S/C22H25N7O4/c1-31-17-9-14(10-18(32-2)20(17)33-3)28-12-19(23-13-28)24-22-25-21(27-8-6-15(30)11-27)16-5-4-7-29(16)26-22/h4-5,7,9-10,12-13,15,30H,6,8,11H2,1-3H3,(H,24,26)/t15-/m0/s1. The van der Waals surface area contributed by atoms with Crippen LogP contribution in [0, 0.1) is 0 Å². The average Bonchev–Trinajstić information content (AvgIpc) is 3.58. The highest BCUT2D eigenvalue weighted by Crippen LogP contribution is 2.39. The third kappa shape index (κ3) is 3.87. The number of benzene rings is 1. The van der Waals surface area contributed by atoms with Crippen molar-refractivity contribution in [3.05, 3.63) is 43.0 Å². The number of anilines is 3. The van der Waals surface area contributed by atoms with Crippen molar-refractivity contribution in [2.45, 2.75) is 12.5 Å². The first-order valence-electron chi connectivity index (χ1n) is 10.5. The fourth-order valence-electron chi connectivity index (χ4n) is 4.00. The molecule has 33 heavy (non-hydrogen) atoms. The molecule has 0 unspecified atom stereocenters. The Labute approximate surface area is 190 Å². The summed E-state index contributed by atoms with van der Waals surface area (Å²) in [6.07, 6.45) is 5.74. The van der Waals surface area contributed by atoms with Crippen LogP contribution in [0.1, 0.15) is 6.42 Å². The summed E-state index contributed by atoms with van der Waals surface area (Å²) in [7, 11) is 4.72. The van der Waals surface area contributed by atoms with Gasteiger partial charge in [0.25, 0.3) is 0 Å². The minimum absolute atomic E-state index is 0.347. The number of nitrogens with one attached hydrogen (secondary N) is 1. The number of fused-ring (bicyclic) bond motifs is 1. The van der Waals surface area contributed by atoms with Gasteiger partial charge in [-0.25, -0.2) is 9.50 Å². The van der Waals surface area contributed by atoms with Gasteiger partial charge in [0.1, 0.15) is 11.8 Å². The van der Waals surface area contributed by atoms with E-state index in [0.29, 0.717) is 35.6 Å². The molecule has 11 nitrogen and oxygen atoms in total. The van der Waals surface area contributed by atoms with Crippen LogP contribution in [0.4, 0.5) is 17.6 Å². The van der Waals surface area contributed by atoms with Gasteiger partial charge in [-0.2, -0.15) is 4.98 Å². The van der Waals surface area contributed by atoms with Crippen LogP contribution < -0.4 is 24.4 Å². The minimum Gasteiger partial charge on any atom is -0.493 e. The van der Waals surface area contributed by atoms with Crippen LogP contribution in [-0.4, -0.2) is 69.8 Å². The molecule has 1 fully saturated rings. The maximum absolute atomic E-state index is 9.96. The molecule has 0 bridgehead atoms. The highest BCUT2D eigenvalue weighted by atomic mass is 16.5. The molecule has 4 heterocycles. The first-order valence-corrected chi connectivity index (χ1v) is 10.5. The predicted molar refractivity (Wildman–Crippen MR) is 122 cm³/mol. The number of hydrogen-bond acceptors (Lipinski definition) is 9. The van der Waals surface area contributed by atoms with E-state index in [-0.39, 0.29) is 6.10 Å². The first kappa shape index (κ1) is 20.9. The summed E-state index contributed by atoms with van der Waals surface area (Å²) in [6, 6.07) is 7.56. The van der Waals surface area contributed by atoms with Crippen LogP contribution in [-0.2, 0) is 0 Å². The normalized spacial score (nSPS) is 15.8. The van der Waals surface area contributed by atoms with E-state index >= 15 is 0 Å². The summed E-state index contributed by atoms with van der Waals surface area (Å²) in [5.41, 5.74) is 1.68. The summed E-state index contributed by atoms with van der Waals surface area (Å²) in [5.74, 6) is 3.38. The Kier molecular flexibility index (Phi) is 5.38. The van der Waals surface area contributed by atoms with Gasteiger partial charge in [0.05, 0.1) is 39.3 Å². The number of nitrogens with zero attached hydrogens (tertiary/aromatic N) is 6. The van der Waals surface area contributed by atoms with Crippen molar-refractivity contribution in [1.82, 2.24) is 24.1 Å². The van der Waals surface area contributed by atoms with Crippen molar-refractivity contribution in [3.63, 3.8) is 0 Å². The Bertz CT molecular complexity index is 1260. The van der Waals surface area contributed by atoms with Crippen molar-refractivity contribution in [2.75, 3.05) is 44.6 Å². The molecule has 172 valence electrons. The number of rotatable bonds is 7. The maximum atomic E-state index is 9.96. The number of ether oxygens (including phenoxy) is 3. The molecule has 11 heteroatoms. The van der Waals surface area contributed by atoms with E-state index in [1.54, 1.807) is 32.2 Å². The predicted octanol–water partition coefficient (Wildman–Crippen LogP) is 2.26. The number of aliphatic hydroxyl groups is 1. The summed E-state index contributed by atoms with van der Waals surface area (Å²) >= 11 is 0. The van der Waals surface area contributed by atoms with Crippen LogP contribution in [0.25, 0.3) is 11.2 Å². The molecule has 0 saturated carbocycles. The van der Waals surface area contributed by atoms with E-state index in [9.17, 15) is 5.11 Å².